The fourth-order valence-corrected chi connectivity index (χ4v) is 2.88. The zero-order chi connectivity index (χ0) is 19.5. The van der Waals surface area contributed by atoms with E-state index in [9.17, 15) is 19.1 Å². The van der Waals surface area contributed by atoms with E-state index in [4.69, 9.17) is 9.47 Å². The molecule has 1 heterocycles. The summed E-state index contributed by atoms with van der Waals surface area (Å²) in [5, 5.41) is 12.1. The van der Waals surface area contributed by atoms with Crippen LogP contribution in [0.15, 0.2) is 18.2 Å². The number of carboxylic acid groups (broad SMARTS) is 1. The summed E-state index contributed by atoms with van der Waals surface area (Å²) in [6.07, 6.45) is -0.573. The Hall–Kier alpha value is -2.35. The summed E-state index contributed by atoms with van der Waals surface area (Å²) in [5.41, 5.74) is -1.75. The number of amides is 1. The molecule has 2 rings (SSSR count). The molecule has 1 aromatic rings. The van der Waals surface area contributed by atoms with Crippen molar-refractivity contribution < 1.29 is 28.6 Å². The lowest BCUT2D eigenvalue weighted by Crippen LogP contribution is -2.57. The van der Waals surface area contributed by atoms with Crippen molar-refractivity contribution in [2.24, 2.45) is 0 Å². The second-order valence-corrected chi connectivity index (χ2v) is 7.43. The van der Waals surface area contributed by atoms with E-state index in [1.165, 1.54) is 13.2 Å². The molecule has 0 spiro atoms. The van der Waals surface area contributed by atoms with Crippen LogP contribution in [0.2, 0.25) is 0 Å². The van der Waals surface area contributed by atoms with Crippen LogP contribution >= 0.6 is 0 Å². The van der Waals surface area contributed by atoms with Crippen LogP contribution in [-0.2, 0) is 16.1 Å². The zero-order valence-electron chi connectivity index (χ0n) is 15.5. The van der Waals surface area contributed by atoms with Crippen LogP contribution in [0.5, 0.6) is 5.75 Å². The van der Waals surface area contributed by atoms with E-state index in [0.717, 1.165) is 0 Å². The number of nitrogens with zero attached hydrogens (tertiary/aromatic N) is 1. The van der Waals surface area contributed by atoms with Gasteiger partial charge in [-0.3, -0.25) is 4.90 Å². The maximum Gasteiger partial charge on any atom is 0.408 e. The van der Waals surface area contributed by atoms with Gasteiger partial charge in [0.05, 0.1) is 7.11 Å². The summed E-state index contributed by atoms with van der Waals surface area (Å²) < 4.78 is 24.3. The second kappa shape index (κ2) is 7.49. The lowest BCUT2D eigenvalue weighted by Gasteiger charge is -2.28. The number of hydrogen-bond acceptors (Lipinski definition) is 5. The number of carbonyl (C=O) groups excluding carboxylic acids is 1. The van der Waals surface area contributed by atoms with Gasteiger partial charge in [-0.25, -0.2) is 14.0 Å². The summed E-state index contributed by atoms with van der Waals surface area (Å²) in [5.74, 6) is -1.14. The Morgan fingerprint density at radius 3 is 2.62 bits per heavy atom. The Balaban J connectivity index is 2.07. The van der Waals surface area contributed by atoms with Crippen LogP contribution in [0.1, 0.15) is 32.8 Å². The molecule has 0 bridgehead atoms. The number of aliphatic carboxylic acids is 1. The van der Waals surface area contributed by atoms with Gasteiger partial charge in [0.25, 0.3) is 0 Å². The normalized spacial score (nSPS) is 20.7. The SMILES string of the molecule is COc1ccc(CN2CCC(NC(=O)OC(C)(C)C)(C(=O)O)C2)c(F)c1. The largest absolute Gasteiger partial charge is 0.497 e. The van der Waals surface area contributed by atoms with E-state index in [1.807, 2.05) is 0 Å². The van der Waals surface area contributed by atoms with Gasteiger partial charge in [0.15, 0.2) is 5.54 Å². The molecule has 1 amide bonds. The van der Waals surface area contributed by atoms with Gasteiger partial charge in [-0.1, -0.05) is 6.07 Å². The van der Waals surface area contributed by atoms with Crippen molar-refractivity contribution in [1.29, 1.82) is 0 Å². The molecule has 1 fully saturated rings. The summed E-state index contributed by atoms with van der Waals surface area (Å²) in [6, 6.07) is 4.54. The van der Waals surface area contributed by atoms with Crippen LogP contribution in [0.4, 0.5) is 9.18 Å². The molecular weight excluding hydrogens is 343 g/mol. The van der Waals surface area contributed by atoms with Crippen LogP contribution in [0.25, 0.3) is 0 Å². The number of rotatable bonds is 5. The Bertz CT molecular complexity index is 689. The van der Waals surface area contributed by atoms with Gasteiger partial charge in [-0.15, -0.1) is 0 Å². The fraction of sp³-hybridized carbons (Fsp3) is 0.556. The monoisotopic (exact) mass is 368 g/mol. The molecule has 144 valence electrons. The third kappa shape index (κ3) is 4.85. The first-order chi connectivity index (χ1) is 12.0. The molecule has 1 saturated heterocycles. The van der Waals surface area contributed by atoms with Gasteiger partial charge >= 0.3 is 12.1 Å². The first-order valence-electron chi connectivity index (χ1n) is 8.34. The molecule has 8 heteroatoms. The maximum absolute atomic E-state index is 14.1. The first-order valence-corrected chi connectivity index (χ1v) is 8.34. The van der Waals surface area contributed by atoms with Crippen molar-refractivity contribution in [3.63, 3.8) is 0 Å². The lowest BCUT2D eigenvalue weighted by molar-refractivity contribution is -0.144. The summed E-state index contributed by atoms with van der Waals surface area (Å²) in [4.78, 5) is 25.6. The highest BCUT2D eigenvalue weighted by Gasteiger charge is 2.47. The molecule has 0 aromatic heterocycles. The molecule has 1 aliphatic rings. The Labute approximate surface area is 152 Å². The van der Waals surface area contributed by atoms with E-state index in [2.05, 4.69) is 5.32 Å². The van der Waals surface area contributed by atoms with Crippen molar-refractivity contribution in [1.82, 2.24) is 10.2 Å². The first kappa shape index (κ1) is 20.0. The minimum Gasteiger partial charge on any atom is -0.497 e. The Morgan fingerprint density at radius 1 is 1.38 bits per heavy atom. The predicted octanol–water partition coefficient (Wildman–Crippen LogP) is 2.39. The van der Waals surface area contributed by atoms with Crippen molar-refractivity contribution in [2.75, 3.05) is 20.2 Å². The standard InChI is InChI=1S/C18H25FN2O5/c1-17(2,3)26-16(24)20-18(15(22)23)7-8-21(11-18)10-12-5-6-13(25-4)9-14(12)19/h5-6,9H,7-8,10-11H2,1-4H3,(H,20,24)(H,22,23). The molecule has 1 unspecified atom stereocenters. The third-order valence-corrected chi connectivity index (χ3v) is 4.15. The van der Waals surface area contributed by atoms with Gasteiger partial charge in [-0.05, 0) is 33.3 Å². The number of benzene rings is 1. The molecule has 7 nitrogen and oxygen atoms in total. The molecule has 2 N–H and O–H groups in total. The van der Waals surface area contributed by atoms with Gasteiger partial charge in [0.1, 0.15) is 17.2 Å². The van der Waals surface area contributed by atoms with Crippen LogP contribution in [-0.4, -0.2) is 53.4 Å². The Morgan fingerprint density at radius 2 is 2.08 bits per heavy atom. The topological polar surface area (TPSA) is 88.1 Å². The zero-order valence-corrected chi connectivity index (χ0v) is 15.5. The molecule has 1 aromatic carbocycles. The maximum atomic E-state index is 14.1. The van der Waals surface area contributed by atoms with Gasteiger partial charge in [0.2, 0.25) is 0 Å². The van der Waals surface area contributed by atoms with Crippen LogP contribution in [0.3, 0.4) is 0 Å². The van der Waals surface area contributed by atoms with E-state index in [1.54, 1.807) is 37.8 Å². The average Bonchev–Trinajstić information content (AvgIpc) is 2.91. The van der Waals surface area contributed by atoms with Crippen LogP contribution in [0, 0.1) is 5.82 Å². The van der Waals surface area contributed by atoms with Crippen molar-refractivity contribution >= 4 is 12.1 Å². The van der Waals surface area contributed by atoms with Crippen molar-refractivity contribution in [2.45, 2.75) is 44.9 Å². The second-order valence-electron chi connectivity index (χ2n) is 7.43. The minimum absolute atomic E-state index is 0.0625. The fourth-order valence-electron chi connectivity index (χ4n) is 2.88. The van der Waals surface area contributed by atoms with E-state index in [-0.39, 0.29) is 19.5 Å². The Kier molecular flexibility index (Phi) is 5.75. The highest BCUT2D eigenvalue weighted by Crippen LogP contribution is 2.26. The van der Waals surface area contributed by atoms with E-state index in [0.29, 0.717) is 17.9 Å². The van der Waals surface area contributed by atoms with Gasteiger partial charge < -0.3 is 19.9 Å². The molecule has 1 aliphatic heterocycles. The van der Waals surface area contributed by atoms with Crippen molar-refractivity contribution in [3.8, 4) is 5.75 Å². The summed E-state index contributed by atoms with van der Waals surface area (Å²) in [7, 11) is 1.46. The molecule has 26 heavy (non-hydrogen) atoms. The summed E-state index contributed by atoms with van der Waals surface area (Å²) >= 11 is 0. The number of carbonyl (C=O) groups is 2. The molecule has 1 atom stereocenters. The lowest BCUT2D eigenvalue weighted by atomic mass is 9.99. The molecule has 0 aliphatic carbocycles. The number of carboxylic acids is 1. The predicted molar refractivity (Wildman–Crippen MR) is 92.6 cm³/mol. The number of methoxy groups -OCH3 is 1. The quantitative estimate of drug-likeness (QED) is 0.830. The molecular formula is C18H25FN2O5. The number of hydrogen-bond donors (Lipinski definition) is 2. The van der Waals surface area contributed by atoms with Gasteiger partial charge in [0, 0.05) is 31.3 Å². The van der Waals surface area contributed by atoms with Gasteiger partial charge in [-0.2, -0.15) is 0 Å². The van der Waals surface area contributed by atoms with Crippen molar-refractivity contribution in [3.05, 3.63) is 29.6 Å². The summed E-state index contributed by atoms with van der Waals surface area (Å²) in [6.45, 7) is 5.82. The molecule has 0 radical (unpaired) electrons. The third-order valence-electron chi connectivity index (χ3n) is 4.15. The average molecular weight is 368 g/mol. The number of ether oxygens (including phenoxy) is 2. The number of halogens is 1. The minimum atomic E-state index is -1.45. The number of nitrogens with one attached hydrogen (secondary N) is 1. The molecule has 0 saturated carbocycles. The smallest absolute Gasteiger partial charge is 0.408 e. The van der Waals surface area contributed by atoms with Crippen LogP contribution < -0.4 is 10.1 Å². The van der Waals surface area contributed by atoms with E-state index < -0.39 is 29.0 Å². The number of likely N-dealkylation sites (tertiary alicyclic amines) is 1. The van der Waals surface area contributed by atoms with E-state index >= 15 is 0 Å². The number of alkyl carbamates (subject to hydrolysis) is 1. The highest BCUT2D eigenvalue weighted by molar-refractivity contribution is 5.85. The highest BCUT2D eigenvalue weighted by atomic mass is 19.1.